The van der Waals surface area contributed by atoms with E-state index in [1.165, 1.54) is 10.6 Å². The zero-order valence-electron chi connectivity index (χ0n) is 18.8. The molecule has 2 heterocycles. The number of halogens is 1. The van der Waals surface area contributed by atoms with Gasteiger partial charge < -0.3 is 9.67 Å². The highest BCUT2D eigenvalue weighted by Crippen LogP contribution is 2.52. The summed E-state index contributed by atoms with van der Waals surface area (Å²) in [6.07, 6.45) is 7.27. The van der Waals surface area contributed by atoms with Crippen molar-refractivity contribution in [2.24, 2.45) is 5.92 Å². The zero-order valence-corrected chi connectivity index (χ0v) is 18.8. The van der Waals surface area contributed by atoms with Crippen molar-refractivity contribution in [2.75, 3.05) is 0 Å². The number of rotatable bonds is 5. The first-order valence-electron chi connectivity index (χ1n) is 11.5. The normalized spacial score (nSPS) is 22.5. The largest absolute Gasteiger partial charge is 0.388 e. The minimum atomic E-state index is -0.678. The first-order valence-corrected chi connectivity index (χ1v) is 11.5. The molecule has 2 saturated carbocycles. The van der Waals surface area contributed by atoms with Gasteiger partial charge in [-0.15, -0.1) is 5.10 Å². The first kappa shape index (κ1) is 21.1. The Morgan fingerprint density at radius 2 is 1.94 bits per heavy atom. The average molecular weight is 441 g/mol. The first-order chi connectivity index (χ1) is 15.3. The van der Waals surface area contributed by atoms with Crippen LogP contribution in [0.25, 0.3) is 16.5 Å². The van der Waals surface area contributed by atoms with Gasteiger partial charge in [0.15, 0.2) is 5.82 Å². The van der Waals surface area contributed by atoms with Crippen molar-refractivity contribution in [2.45, 2.75) is 77.5 Å². The zero-order chi connectivity index (χ0) is 22.8. The quantitative estimate of drug-likeness (QED) is 0.659. The molecule has 170 valence electrons. The summed E-state index contributed by atoms with van der Waals surface area (Å²) in [6, 6.07) is 2.81. The molecule has 2 aliphatic carbocycles. The Hall–Kier alpha value is -2.74. The van der Waals surface area contributed by atoms with E-state index in [0.717, 1.165) is 42.3 Å². The van der Waals surface area contributed by atoms with Crippen LogP contribution in [0, 0.1) is 11.7 Å². The minimum absolute atomic E-state index is 0.0107. The SMILES string of the molecule is CCn1c(CO)nn(-c2cc3c(C(C)C)cn(C45CCC(CC4)C5)c(=O)c3cc2F)c1=O. The highest BCUT2D eigenvalue weighted by Gasteiger charge is 2.46. The molecular formula is C24H29FN4O3. The average Bonchev–Trinajstić information content (AvgIpc) is 3.47. The number of fused-ring (bicyclic) bond motifs is 3. The molecule has 2 aliphatic rings. The molecule has 0 aliphatic heterocycles. The third-order valence-corrected chi connectivity index (χ3v) is 7.58. The molecule has 0 spiro atoms. The van der Waals surface area contributed by atoms with E-state index in [0.29, 0.717) is 23.2 Å². The van der Waals surface area contributed by atoms with Gasteiger partial charge >= 0.3 is 5.69 Å². The Labute approximate surface area is 185 Å². The maximum absolute atomic E-state index is 15.3. The highest BCUT2D eigenvalue weighted by molar-refractivity contribution is 5.87. The van der Waals surface area contributed by atoms with Crippen LogP contribution in [0.4, 0.5) is 4.39 Å². The summed E-state index contributed by atoms with van der Waals surface area (Å²) in [5.74, 6) is 0.284. The van der Waals surface area contributed by atoms with Crippen molar-refractivity contribution >= 4 is 10.8 Å². The smallest absolute Gasteiger partial charge is 0.350 e. The fourth-order valence-corrected chi connectivity index (χ4v) is 5.88. The molecule has 0 saturated heterocycles. The number of benzene rings is 1. The van der Waals surface area contributed by atoms with Gasteiger partial charge in [0, 0.05) is 18.3 Å². The molecule has 5 rings (SSSR count). The van der Waals surface area contributed by atoms with Crippen molar-refractivity contribution in [3.8, 4) is 5.69 Å². The number of aromatic nitrogens is 4. The van der Waals surface area contributed by atoms with Crippen molar-refractivity contribution in [3.63, 3.8) is 0 Å². The summed E-state index contributed by atoms with van der Waals surface area (Å²) >= 11 is 0. The van der Waals surface area contributed by atoms with Gasteiger partial charge in [0.05, 0.1) is 5.39 Å². The van der Waals surface area contributed by atoms with Crippen LogP contribution in [0.5, 0.6) is 0 Å². The molecule has 32 heavy (non-hydrogen) atoms. The topological polar surface area (TPSA) is 82.0 Å². The third kappa shape index (κ3) is 2.92. The molecule has 0 unspecified atom stereocenters. The van der Waals surface area contributed by atoms with Crippen LogP contribution >= 0.6 is 0 Å². The van der Waals surface area contributed by atoms with Gasteiger partial charge in [0.25, 0.3) is 5.56 Å². The monoisotopic (exact) mass is 440 g/mol. The standard InChI is InChI=1S/C24H29FN4O3/c1-4-27-21(13-30)26-29(23(27)32)20-10-16-17(9-19(20)25)22(31)28(12-18(16)14(2)3)24-7-5-15(11-24)6-8-24/h9-10,12,14-15,30H,4-8,11,13H2,1-3H3. The van der Waals surface area contributed by atoms with E-state index in [1.54, 1.807) is 13.0 Å². The molecule has 2 aromatic heterocycles. The summed E-state index contributed by atoms with van der Waals surface area (Å²) in [5.41, 5.74) is 0.108. The molecular weight excluding hydrogens is 411 g/mol. The summed E-state index contributed by atoms with van der Waals surface area (Å²) in [4.78, 5) is 26.4. The van der Waals surface area contributed by atoms with Crippen LogP contribution in [0.3, 0.4) is 0 Å². The molecule has 7 nitrogen and oxygen atoms in total. The third-order valence-electron chi connectivity index (χ3n) is 7.58. The molecule has 1 N–H and O–H groups in total. The predicted octanol–water partition coefficient (Wildman–Crippen LogP) is 3.41. The Morgan fingerprint density at radius 1 is 1.22 bits per heavy atom. The Morgan fingerprint density at radius 3 is 2.47 bits per heavy atom. The maximum atomic E-state index is 15.3. The Bertz CT molecular complexity index is 1330. The van der Waals surface area contributed by atoms with Gasteiger partial charge in [0.1, 0.15) is 18.1 Å². The lowest BCUT2D eigenvalue weighted by Crippen LogP contribution is -2.38. The molecule has 3 aromatic rings. The van der Waals surface area contributed by atoms with E-state index in [9.17, 15) is 14.7 Å². The van der Waals surface area contributed by atoms with Crippen LogP contribution < -0.4 is 11.2 Å². The number of pyridine rings is 1. The van der Waals surface area contributed by atoms with Crippen molar-refractivity contribution in [1.29, 1.82) is 0 Å². The number of hydrogen-bond acceptors (Lipinski definition) is 4. The van der Waals surface area contributed by atoms with Gasteiger partial charge in [-0.2, -0.15) is 4.68 Å². The van der Waals surface area contributed by atoms with Crippen LogP contribution in [0.2, 0.25) is 0 Å². The van der Waals surface area contributed by atoms with Gasteiger partial charge in [-0.3, -0.25) is 9.36 Å². The molecule has 2 bridgehead atoms. The second-order valence-electron chi connectivity index (χ2n) is 9.65. The van der Waals surface area contributed by atoms with Crippen molar-refractivity contribution in [3.05, 3.63) is 56.4 Å². The summed E-state index contributed by atoms with van der Waals surface area (Å²) < 4.78 is 19.5. The molecule has 1 aromatic carbocycles. The van der Waals surface area contributed by atoms with Gasteiger partial charge in [-0.25, -0.2) is 9.18 Å². The summed E-state index contributed by atoms with van der Waals surface area (Å²) in [6.45, 7) is 5.76. The number of aliphatic hydroxyl groups is 1. The van der Waals surface area contributed by atoms with Gasteiger partial charge in [-0.05, 0) is 73.9 Å². The van der Waals surface area contributed by atoms with Gasteiger partial charge in [0.2, 0.25) is 0 Å². The van der Waals surface area contributed by atoms with Crippen LogP contribution in [0.15, 0.2) is 27.9 Å². The number of nitrogens with zero attached hydrogens (tertiary/aromatic N) is 4. The lowest BCUT2D eigenvalue weighted by molar-refractivity contribution is 0.264. The molecule has 0 amide bonds. The summed E-state index contributed by atoms with van der Waals surface area (Å²) in [7, 11) is 0. The lowest BCUT2D eigenvalue weighted by atomic mass is 9.91. The fraction of sp³-hybridized carbons (Fsp3) is 0.542. The van der Waals surface area contributed by atoms with Crippen LogP contribution in [-0.2, 0) is 18.7 Å². The van der Waals surface area contributed by atoms with E-state index in [4.69, 9.17) is 0 Å². The van der Waals surface area contributed by atoms with E-state index in [2.05, 4.69) is 18.9 Å². The van der Waals surface area contributed by atoms with E-state index in [1.807, 2.05) is 10.8 Å². The van der Waals surface area contributed by atoms with E-state index >= 15 is 4.39 Å². The molecule has 2 fully saturated rings. The van der Waals surface area contributed by atoms with Crippen molar-refractivity contribution in [1.82, 2.24) is 18.9 Å². The molecule has 0 atom stereocenters. The fourth-order valence-electron chi connectivity index (χ4n) is 5.88. The lowest BCUT2D eigenvalue weighted by Gasteiger charge is -2.31. The summed E-state index contributed by atoms with van der Waals surface area (Å²) in [5, 5.41) is 14.7. The second-order valence-corrected chi connectivity index (χ2v) is 9.65. The van der Waals surface area contributed by atoms with Crippen LogP contribution in [-0.4, -0.2) is 24.0 Å². The van der Waals surface area contributed by atoms with Gasteiger partial charge in [-0.1, -0.05) is 13.8 Å². The predicted molar refractivity (Wildman–Crippen MR) is 120 cm³/mol. The maximum Gasteiger partial charge on any atom is 0.350 e. The Balaban J connectivity index is 1.77. The highest BCUT2D eigenvalue weighted by atomic mass is 19.1. The molecule has 0 radical (unpaired) electrons. The minimum Gasteiger partial charge on any atom is -0.388 e. The number of hydrogen-bond donors (Lipinski definition) is 1. The molecule has 8 heteroatoms. The van der Waals surface area contributed by atoms with E-state index < -0.39 is 18.1 Å². The van der Waals surface area contributed by atoms with Crippen LogP contribution in [0.1, 0.15) is 70.2 Å². The second kappa shape index (κ2) is 7.40. The Kier molecular flexibility index (Phi) is 4.89. The van der Waals surface area contributed by atoms with E-state index in [-0.39, 0.29) is 28.5 Å². The van der Waals surface area contributed by atoms with Crippen molar-refractivity contribution < 1.29 is 9.50 Å². The number of aliphatic hydroxyl groups excluding tert-OH is 1.